The monoisotopic (exact) mass is 319 g/mol. The molecule has 1 rings (SSSR count). The van der Waals surface area contributed by atoms with Crippen molar-refractivity contribution in [2.45, 2.75) is 46.1 Å². The molecule has 2 unspecified atom stereocenters. The first-order valence-electron chi connectivity index (χ1n) is 7.64. The molecule has 0 bridgehead atoms. The number of amides is 2. The second kappa shape index (κ2) is 10.0. The number of piperidine rings is 1. The third kappa shape index (κ3) is 7.67. The van der Waals surface area contributed by atoms with Crippen LogP contribution in [-0.4, -0.2) is 49.4 Å². The number of nitrogens with zero attached hydrogens (tertiary/aromatic N) is 1. The van der Waals surface area contributed by atoms with Crippen molar-refractivity contribution in [2.75, 3.05) is 26.7 Å². The van der Waals surface area contributed by atoms with Crippen molar-refractivity contribution < 1.29 is 9.59 Å². The van der Waals surface area contributed by atoms with Crippen molar-refractivity contribution in [1.29, 1.82) is 0 Å². The zero-order valence-corrected chi connectivity index (χ0v) is 14.5. The summed E-state index contributed by atoms with van der Waals surface area (Å²) in [7, 11) is 1.70. The van der Waals surface area contributed by atoms with Crippen molar-refractivity contribution in [3.8, 4) is 0 Å². The molecular formula is C15H30ClN3O2. The Morgan fingerprint density at radius 3 is 2.52 bits per heavy atom. The Labute approximate surface area is 134 Å². The summed E-state index contributed by atoms with van der Waals surface area (Å²) >= 11 is 0. The molecule has 1 aliphatic rings. The Morgan fingerprint density at radius 1 is 1.33 bits per heavy atom. The number of nitrogens with one attached hydrogen (secondary N) is 2. The fourth-order valence-electron chi connectivity index (χ4n) is 2.63. The number of halogens is 1. The van der Waals surface area contributed by atoms with Crippen molar-refractivity contribution in [1.82, 2.24) is 15.5 Å². The van der Waals surface area contributed by atoms with Crippen LogP contribution < -0.4 is 10.6 Å². The van der Waals surface area contributed by atoms with Gasteiger partial charge in [0.1, 0.15) is 0 Å². The minimum atomic E-state index is -0.0946. The van der Waals surface area contributed by atoms with Crippen LogP contribution >= 0.6 is 12.4 Å². The van der Waals surface area contributed by atoms with Crippen LogP contribution in [0, 0.1) is 11.8 Å². The van der Waals surface area contributed by atoms with Gasteiger partial charge in [-0.2, -0.15) is 0 Å². The molecule has 1 aliphatic heterocycles. The van der Waals surface area contributed by atoms with Crippen LogP contribution in [0.5, 0.6) is 0 Å². The van der Waals surface area contributed by atoms with Gasteiger partial charge in [-0.3, -0.25) is 9.59 Å². The standard InChI is InChI=1S/C15H29N3O2.ClH/c1-11(2)17-14(19)10-18(4)15(20)8-12(3)13-6-5-7-16-9-13;/h11-13,16H,5-10H2,1-4H3,(H,17,19);1H. The van der Waals surface area contributed by atoms with Crippen LogP contribution in [0.1, 0.15) is 40.0 Å². The number of carbonyl (C=O) groups is 2. The van der Waals surface area contributed by atoms with Gasteiger partial charge in [0.25, 0.3) is 0 Å². The summed E-state index contributed by atoms with van der Waals surface area (Å²) in [4.78, 5) is 25.3. The molecule has 5 nitrogen and oxygen atoms in total. The molecule has 1 fully saturated rings. The van der Waals surface area contributed by atoms with E-state index in [4.69, 9.17) is 0 Å². The third-order valence-corrected chi connectivity index (χ3v) is 3.89. The number of hydrogen-bond donors (Lipinski definition) is 2. The quantitative estimate of drug-likeness (QED) is 0.778. The zero-order chi connectivity index (χ0) is 15.1. The number of rotatable bonds is 6. The number of hydrogen-bond acceptors (Lipinski definition) is 3. The summed E-state index contributed by atoms with van der Waals surface area (Å²) in [6.07, 6.45) is 2.91. The molecule has 0 radical (unpaired) electrons. The van der Waals surface area contributed by atoms with E-state index in [2.05, 4.69) is 17.6 Å². The van der Waals surface area contributed by atoms with Crippen LogP contribution in [0.15, 0.2) is 0 Å². The van der Waals surface area contributed by atoms with Gasteiger partial charge in [-0.15, -0.1) is 12.4 Å². The lowest BCUT2D eigenvalue weighted by molar-refractivity contribution is -0.135. The van der Waals surface area contributed by atoms with Crippen molar-refractivity contribution in [2.24, 2.45) is 11.8 Å². The van der Waals surface area contributed by atoms with Gasteiger partial charge in [-0.05, 0) is 51.6 Å². The average Bonchev–Trinajstić information content (AvgIpc) is 2.38. The topological polar surface area (TPSA) is 61.4 Å². The summed E-state index contributed by atoms with van der Waals surface area (Å²) in [5.41, 5.74) is 0. The van der Waals surface area contributed by atoms with Crippen molar-refractivity contribution in [3.05, 3.63) is 0 Å². The molecule has 6 heteroatoms. The van der Waals surface area contributed by atoms with Crippen LogP contribution in [0.2, 0.25) is 0 Å². The van der Waals surface area contributed by atoms with E-state index >= 15 is 0 Å². The highest BCUT2D eigenvalue weighted by atomic mass is 35.5. The Morgan fingerprint density at radius 2 is 2.00 bits per heavy atom. The second-order valence-corrected chi connectivity index (χ2v) is 6.26. The smallest absolute Gasteiger partial charge is 0.239 e. The molecule has 124 valence electrons. The zero-order valence-electron chi connectivity index (χ0n) is 13.6. The molecule has 0 saturated carbocycles. The fraction of sp³-hybridized carbons (Fsp3) is 0.867. The molecule has 1 heterocycles. The Balaban J connectivity index is 0.00000400. The largest absolute Gasteiger partial charge is 0.352 e. The average molecular weight is 320 g/mol. The molecule has 0 aromatic rings. The summed E-state index contributed by atoms with van der Waals surface area (Å²) in [5, 5.41) is 6.19. The molecule has 0 aromatic heterocycles. The van der Waals surface area contributed by atoms with Gasteiger partial charge >= 0.3 is 0 Å². The summed E-state index contributed by atoms with van der Waals surface area (Å²) < 4.78 is 0. The van der Waals surface area contributed by atoms with E-state index in [0.717, 1.165) is 13.1 Å². The van der Waals surface area contributed by atoms with Gasteiger partial charge in [0.2, 0.25) is 11.8 Å². The van der Waals surface area contributed by atoms with Crippen molar-refractivity contribution >= 4 is 24.2 Å². The maximum Gasteiger partial charge on any atom is 0.239 e. The predicted molar refractivity (Wildman–Crippen MR) is 87.5 cm³/mol. The van der Waals surface area contributed by atoms with E-state index < -0.39 is 0 Å². The number of likely N-dealkylation sites (N-methyl/N-ethyl adjacent to an activating group) is 1. The SMILES string of the molecule is CC(C)NC(=O)CN(C)C(=O)CC(C)C1CCCNC1.Cl. The first kappa shape index (κ1) is 20.2. The van der Waals surface area contributed by atoms with E-state index in [-0.39, 0.29) is 36.8 Å². The van der Waals surface area contributed by atoms with Crippen molar-refractivity contribution in [3.63, 3.8) is 0 Å². The first-order valence-corrected chi connectivity index (χ1v) is 7.64. The summed E-state index contributed by atoms with van der Waals surface area (Å²) in [5.74, 6) is 0.904. The van der Waals surface area contributed by atoms with Gasteiger partial charge in [-0.25, -0.2) is 0 Å². The minimum absolute atomic E-state index is 0. The van der Waals surface area contributed by atoms with Gasteiger partial charge in [-0.1, -0.05) is 6.92 Å². The normalized spacial score (nSPS) is 19.6. The highest BCUT2D eigenvalue weighted by molar-refractivity contribution is 5.85. The second-order valence-electron chi connectivity index (χ2n) is 6.26. The number of carbonyl (C=O) groups excluding carboxylic acids is 2. The highest BCUT2D eigenvalue weighted by Crippen LogP contribution is 2.22. The lowest BCUT2D eigenvalue weighted by Gasteiger charge is -2.29. The molecule has 1 saturated heterocycles. The molecule has 2 atom stereocenters. The molecule has 2 amide bonds. The Bertz CT molecular complexity index is 331. The first-order chi connectivity index (χ1) is 9.40. The van der Waals surface area contributed by atoms with Crippen LogP contribution in [0.3, 0.4) is 0 Å². The Kier molecular flexibility index (Phi) is 9.62. The van der Waals surface area contributed by atoms with E-state index in [9.17, 15) is 9.59 Å². The summed E-state index contributed by atoms with van der Waals surface area (Å²) in [6.45, 7) is 8.21. The molecular weight excluding hydrogens is 290 g/mol. The van der Waals surface area contributed by atoms with E-state index in [0.29, 0.717) is 18.3 Å². The lowest BCUT2D eigenvalue weighted by atomic mass is 9.85. The van der Waals surface area contributed by atoms with Crippen LogP contribution in [0.4, 0.5) is 0 Å². The van der Waals surface area contributed by atoms with Gasteiger partial charge < -0.3 is 15.5 Å². The fourth-order valence-corrected chi connectivity index (χ4v) is 2.63. The minimum Gasteiger partial charge on any atom is -0.352 e. The Hall–Kier alpha value is -0.810. The molecule has 0 aliphatic carbocycles. The molecule has 0 spiro atoms. The summed E-state index contributed by atoms with van der Waals surface area (Å²) in [6, 6.07) is 0.109. The van der Waals surface area contributed by atoms with Crippen LogP contribution in [0.25, 0.3) is 0 Å². The third-order valence-electron chi connectivity index (χ3n) is 3.89. The predicted octanol–water partition coefficient (Wildman–Crippen LogP) is 1.42. The van der Waals surface area contributed by atoms with E-state index in [1.165, 1.54) is 17.7 Å². The maximum absolute atomic E-state index is 12.1. The maximum atomic E-state index is 12.1. The molecule has 21 heavy (non-hydrogen) atoms. The molecule has 2 N–H and O–H groups in total. The van der Waals surface area contributed by atoms with Crippen LogP contribution in [-0.2, 0) is 9.59 Å². The lowest BCUT2D eigenvalue weighted by Crippen LogP contribution is -2.42. The molecule has 0 aromatic carbocycles. The van der Waals surface area contributed by atoms with E-state index in [1.807, 2.05) is 13.8 Å². The van der Waals surface area contributed by atoms with Gasteiger partial charge in [0.05, 0.1) is 6.54 Å². The highest BCUT2D eigenvalue weighted by Gasteiger charge is 2.23. The van der Waals surface area contributed by atoms with Gasteiger partial charge in [0.15, 0.2) is 0 Å². The van der Waals surface area contributed by atoms with E-state index in [1.54, 1.807) is 7.05 Å². The van der Waals surface area contributed by atoms with Gasteiger partial charge in [0, 0.05) is 19.5 Å².